The van der Waals surface area contributed by atoms with Crippen LogP contribution in [0.5, 0.6) is 0 Å². The van der Waals surface area contributed by atoms with Crippen LogP contribution in [-0.4, -0.2) is 37.2 Å². The lowest BCUT2D eigenvalue weighted by atomic mass is 10.2. The van der Waals surface area contributed by atoms with Crippen molar-refractivity contribution in [3.05, 3.63) is 20.8 Å². The molecule has 7 heteroatoms. The Hall–Kier alpha value is 0.0500. The van der Waals surface area contributed by atoms with Gasteiger partial charge in [0.15, 0.2) is 0 Å². The van der Waals surface area contributed by atoms with Crippen LogP contribution in [0.3, 0.4) is 0 Å². The summed E-state index contributed by atoms with van der Waals surface area (Å²) in [6.45, 7) is 1.75. The van der Waals surface area contributed by atoms with Gasteiger partial charge in [0, 0.05) is 31.6 Å². The predicted molar refractivity (Wildman–Crippen MR) is 82.4 cm³/mol. The third kappa shape index (κ3) is 4.01. The zero-order valence-electron chi connectivity index (χ0n) is 11.0. The van der Waals surface area contributed by atoms with Crippen LogP contribution in [0, 0.1) is 0 Å². The van der Waals surface area contributed by atoms with Crippen LogP contribution < -0.4 is 0 Å². The molecule has 0 aliphatic carbocycles. The van der Waals surface area contributed by atoms with Crippen molar-refractivity contribution in [2.75, 3.05) is 20.1 Å². The highest BCUT2D eigenvalue weighted by atomic mass is 79.9. The maximum absolute atomic E-state index is 12.5. The summed E-state index contributed by atoms with van der Waals surface area (Å²) in [6.07, 6.45) is 4.20. The number of nitrogens with zero attached hydrogens (tertiary/aromatic N) is 2. The van der Waals surface area contributed by atoms with Crippen LogP contribution >= 0.6 is 27.3 Å². The summed E-state index contributed by atoms with van der Waals surface area (Å²) < 4.78 is 29.1. The predicted octanol–water partition coefficient (Wildman–Crippen LogP) is 3.06. The van der Waals surface area contributed by atoms with Gasteiger partial charge in [-0.25, -0.2) is 0 Å². The first-order chi connectivity index (χ1) is 9.00. The van der Waals surface area contributed by atoms with Crippen molar-refractivity contribution in [3.8, 4) is 0 Å². The Bertz CT molecular complexity index is 508. The smallest absolute Gasteiger partial charge is 0.195 e. The molecule has 0 spiro atoms. The van der Waals surface area contributed by atoms with E-state index in [0.717, 1.165) is 34.3 Å². The van der Waals surface area contributed by atoms with E-state index in [1.165, 1.54) is 4.31 Å². The number of rotatable bonds is 4. The second kappa shape index (κ2) is 6.67. The molecule has 4 nitrogen and oxygen atoms in total. The molecule has 2 heterocycles. The molecule has 1 aliphatic rings. The number of halogens is 1. The van der Waals surface area contributed by atoms with Crippen molar-refractivity contribution < 1.29 is 8.42 Å². The van der Waals surface area contributed by atoms with Crippen LogP contribution in [-0.2, 0) is 16.8 Å². The van der Waals surface area contributed by atoms with E-state index in [1.54, 1.807) is 22.7 Å². The Kier molecular flexibility index (Phi) is 5.42. The average Bonchev–Trinajstić information content (AvgIpc) is 2.63. The maximum Gasteiger partial charge on any atom is 0.282 e. The summed E-state index contributed by atoms with van der Waals surface area (Å²) in [4.78, 5) is 1.05. The largest absolute Gasteiger partial charge is 0.282 e. The summed E-state index contributed by atoms with van der Waals surface area (Å²) >= 11 is 4.97. The van der Waals surface area contributed by atoms with Gasteiger partial charge in [-0.15, -0.1) is 11.3 Å². The van der Waals surface area contributed by atoms with Gasteiger partial charge in [0.1, 0.15) is 0 Å². The fourth-order valence-corrected chi connectivity index (χ4v) is 5.24. The average molecular weight is 367 g/mol. The SMILES string of the molecule is CN(Cc1ccc(Br)s1)S(=O)(=O)N1CCCCCC1. The highest BCUT2D eigenvalue weighted by Gasteiger charge is 2.27. The van der Waals surface area contributed by atoms with Crippen molar-refractivity contribution in [1.82, 2.24) is 8.61 Å². The Balaban J connectivity index is 2.05. The van der Waals surface area contributed by atoms with E-state index >= 15 is 0 Å². The van der Waals surface area contributed by atoms with Crippen LogP contribution in [0.4, 0.5) is 0 Å². The van der Waals surface area contributed by atoms with Crippen molar-refractivity contribution >= 4 is 37.5 Å². The first-order valence-corrected chi connectivity index (χ1v) is 9.46. The summed E-state index contributed by atoms with van der Waals surface area (Å²) in [5.41, 5.74) is 0. The first kappa shape index (κ1) is 15.4. The molecule has 0 atom stereocenters. The molecule has 1 aromatic heterocycles. The molecule has 1 fully saturated rings. The summed E-state index contributed by atoms with van der Waals surface area (Å²) in [7, 11) is -1.66. The van der Waals surface area contributed by atoms with E-state index in [2.05, 4.69) is 15.9 Å². The lowest BCUT2D eigenvalue weighted by Gasteiger charge is -2.26. The molecule has 19 heavy (non-hydrogen) atoms. The molecule has 0 saturated carbocycles. The molecule has 0 unspecified atom stereocenters. The highest BCUT2D eigenvalue weighted by Crippen LogP contribution is 2.24. The van der Waals surface area contributed by atoms with Crippen molar-refractivity contribution in [1.29, 1.82) is 0 Å². The second-order valence-corrected chi connectivity index (χ2v) is 9.37. The maximum atomic E-state index is 12.5. The Morgan fingerprint density at radius 1 is 1.26 bits per heavy atom. The van der Waals surface area contributed by atoms with Gasteiger partial charge in [-0.2, -0.15) is 17.0 Å². The molecular weight excluding hydrogens is 348 g/mol. The molecule has 0 radical (unpaired) electrons. The zero-order valence-corrected chi connectivity index (χ0v) is 14.2. The molecule has 1 saturated heterocycles. The van der Waals surface area contributed by atoms with Crippen molar-refractivity contribution in [3.63, 3.8) is 0 Å². The Morgan fingerprint density at radius 3 is 2.42 bits per heavy atom. The van der Waals surface area contributed by atoms with Gasteiger partial charge in [0.05, 0.1) is 3.79 Å². The van der Waals surface area contributed by atoms with Gasteiger partial charge in [0.25, 0.3) is 10.2 Å². The van der Waals surface area contributed by atoms with Gasteiger partial charge < -0.3 is 0 Å². The van der Waals surface area contributed by atoms with E-state index in [4.69, 9.17) is 0 Å². The van der Waals surface area contributed by atoms with Crippen LogP contribution in [0.25, 0.3) is 0 Å². The van der Waals surface area contributed by atoms with E-state index in [0.29, 0.717) is 19.6 Å². The Labute approximate surface area is 127 Å². The first-order valence-electron chi connectivity index (χ1n) is 6.46. The van der Waals surface area contributed by atoms with Gasteiger partial charge >= 0.3 is 0 Å². The number of thiophene rings is 1. The van der Waals surface area contributed by atoms with Gasteiger partial charge in [-0.05, 0) is 40.9 Å². The van der Waals surface area contributed by atoms with Gasteiger partial charge in [0.2, 0.25) is 0 Å². The standard InChI is InChI=1S/C12H19BrN2O2S2/c1-14(10-11-6-7-12(13)18-11)19(16,17)15-8-4-2-3-5-9-15/h6-7H,2-5,8-10H2,1H3. The van der Waals surface area contributed by atoms with Crippen LogP contribution in [0.15, 0.2) is 15.9 Å². The number of hydrogen-bond donors (Lipinski definition) is 0. The quantitative estimate of drug-likeness (QED) is 0.821. The van der Waals surface area contributed by atoms with E-state index < -0.39 is 10.2 Å². The minimum absolute atomic E-state index is 0.440. The monoisotopic (exact) mass is 366 g/mol. The highest BCUT2D eigenvalue weighted by molar-refractivity contribution is 9.11. The molecule has 0 N–H and O–H groups in total. The summed E-state index contributed by atoms with van der Waals surface area (Å²) in [5, 5.41) is 0. The van der Waals surface area contributed by atoms with Crippen LogP contribution in [0.1, 0.15) is 30.6 Å². The third-order valence-electron chi connectivity index (χ3n) is 3.29. The lowest BCUT2D eigenvalue weighted by molar-refractivity contribution is 0.364. The molecule has 2 rings (SSSR count). The minimum Gasteiger partial charge on any atom is -0.195 e. The fraction of sp³-hybridized carbons (Fsp3) is 0.667. The molecule has 108 valence electrons. The van der Waals surface area contributed by atoms with E-state index in [-0.39, 0.29) is 0 Å². The molecular formula is C12H19BrN2O2S2. The number of hydrogen-bond acceptors (Lipinski definition) is 3. The summed E-state index contributed by atoms with van der Waals surface area (Å²) in [5.74, 6) is 0. The van der Waals surface area contributed by atoms with E-state index in [9.17, 15) is 8.42 Å². The molecule has 1 aromatic rings. The van der Waals surface area contributed by atoms with E-state index in [1.807, 2.05) is 12.1 Å². The summed E-state index contributed by atoms with van der Waals surface area (Å²) in [6, 6.07) is 3.91. The third-order valence-corrected chi connectivity index (χ3v) is 6.84. The van der Waals surface area contributed by atoms with Gasteiger partial charge in [-0.1, -0.05) is 12.8 Å². The normalized spacial score (nSPS) is 18.7. The fourth-order valence-electron chi connectivity index (χ4n) is 2.21. The van der Waals surface area contributed by atoms with Gasteiger partial charge in [-0.3, -0.25) is 0 Å². The molecule has 0 aromatic carbocycles. The van der Waals surface area contributed by atoms with Crippen molar-refractivity contribution in [2.45, 2.75) is 32.2 Å². The second-order valence-electron chi connectivity index (χ2n) is 4.78. The lowest BCUT2D eigenvalue weighted by Crippen LogP contribution is -2.41. The molecule has 0 bridgehead atoms. The Morgan fingerprint density at radius 2 is 1.89 bits per heavy atom. The minimum atomic E-state index is -3.32. The topological polar surface area (TPSA) is 40.6 Å². The molecule has 1 aliphatic heterocycles. The molecule has 0 amide bonds. The van der Waals surface area contributed by atoms with Crippen LogP contribution in [0.2, 0.25) is 0 Å². The zero-order chi connectivity index (χ0) is 13.9. The van der Waals surface area contributed by atoms with Crippen molar-refractivity contribution in [2.24, 2.45) is 0 Å².